The Balaban J connectivity index is 1.78. The van der Waals surface area contributed by atoms with E-state index < -0.39 is 0 Å². The van der Waals surface area contributed by atoms with Gasteiger partial charge in [0, 0.05) is 0 Å². The van der Waals surface area contributed by atoms with Crippen LogP contribution < -0.4 is 5.32 Å². The number of rotatable bonds is 4. The van der Waals surface area contributed by atoms with E-state index in [-0.39, 0.29) is 0 Å². The van der Waals surface area contributed by atoms with E-state index in [1.54, 1.807) is 6.26 Å². The molecule has 3 rings (SSSR count). The summed E-state index contributed by atoms with van der Waals surface area (Å²) in [6.07, 6.45) is 6.03. The van der Waals surface area contributed by atoms with Crippen LogP contribution in [0.2, 0.25) is 0 Å². The zero-order chi connectivity index (χ0) is 11.1. The van der Waals surface area contributed by atoms with Crippen LogP contribution in [0, 0.1) is 17.8 Å². The molecule has 2 nitrogen and oxygen atoms in total. The molecule has 0 spiro atoms. The summed E-state index contributed by atoms with van der Waals surface area (Å²) in [6, 6.07) is 2.40. The molecule has 0 amide bonds. The van der Waals surface area contributed by atoms with Gasteiger partial charge in [-0.3, -0.25) is 0 Å². The van der Waals surface area contributed by atoms with E-state index in [0.717, 1.165) is 34.5 Å². The minimum absolute atomic E-state index is 0.405. The van der Waals surface area contributed by atoms with Gasteiger partial charge in [0.05, 0.1) is 16.8 Å². The summed E-state index contributed by atoms with van der Waals surface area (Å²) in [4.78, 5) is 0. The first-order valence-electron chi connectivity index (χ1n) is 6.25. The van der Waals surface area contributed by atoms with Crippen molar-refractivity contribution >= 4 is 15.9 Å². The second-order valence-electron chi connectivity index (χ2n) is 5.16. The van der Waals surface area contributed by atoms with Gasteiger partial charge in [0.2, 0.25) is 0 Å². The Bertz CT molecular complexity index is 366. The maximum Gasteiger partial charge on any atom is 0.135 e. The maximum absolute atomic E-state index is 5.63. The first-order valence-corrected chi connectivity index (χ1v) is 7.05. The van der Waals surface area contributed by atoms with Gasteiger partial charge in [-0.1, -0.05) is 6.92 Å². The van der Waals surface area contributed by atoms with Gasteiger partial charge in [-0.05, 0) is 65.6 Å². The molecule has 1 N–H and O–H groups in total. The fourth-order valence-corrected chi connectivity index (χ4v) is 3.70. The zero-order valence-electron chi connectivity index (χ0n) is 9.58. The summed E-state index contributed by atoms with van der Waals surface area (Å²) in [5, 5.41) is 3.59. The maximum atomic E-state index is 5.63. The fraction of sp³-hybridized carbons (Fsp3) is 0.692. The number of halogens is 1. The average Bonchev–Trinajstić information content (AvgIpc) is 2.71. The van der Waals surface area contributed by atoms with Crippen molar-refractivity contribution in [2.75, 3.05) is 6.54 Å². The van der Waals surface area contributed by atoms with Crippen molar-refractivity contribution < 1.29 is 4.42 Å². The number of furan rings is 1. The Hall–Kier alpha value is -0.280. The van der Waals surface area contributed by atoms with Crippen LogP contribution >= 0.6 is 15.9 Å². The minimum Gasteiger partial charge on any atom is -0.466 e. The van der Waals surface area contributed by atoms with Crippen molar-refractivity contribution in [2.24, 2.45) is 17.8 Å². The van der Waals surface area contributed by atoms with Crippen LogP contribution in [0.3, 0.4) is 0 Å². The molecule has 2 aliphatic carbocycles. The number of fused-ring (bicyclic) bond motifs is 1. The molecule has 0 bridgehead atoms. The molecule has 0 aliphatic heterocycles. The van der Waals surface area contributed by atoms with Gasteiger partial charge >= 0.3 is 0 Å². The van der Waals surface area contributed by atoms with Crippen LogP contribution in [0.5, 0.6) is 0 Å². The van der Waals surface area contributed by atoms with Gasteiger partial charge in [-0.15, -0.1) is 0 Å². The average molecular weight is 284 g/mol. The molecule has 0 radical (unpaired) electrons. The molecule has 1 aromatic heterocycles. The third kappa shape index (κ3) is 1.84. The van der Waals surface area contributed by atoms with Crippen molar-refractivity contribution in [3.63, 3.8) is 0 Å². The second-order valence-corrected chi connectivity index (χ2v) is 6.01. The second kappa shape index (κ2) is 4.19. The topological polar surface area (TPSA) is 25.2 Å². The molecule has 0 saturated heterocycles. The van der Waals surface area contributed by atoms with Crippen LogP contribution in [-0.4, -0.2) is 6.54 Å². The molecular weight excluding hydrogens is 266 g/mol. The molecule has 3 heteroatoms. The monoisotopic (exact) mass is 283 g/mol. The van der Waals surface area contributed by atoms with Crippen LogP contribution in [0.15, 0.2) is 21.2 Å². The van der Waals surface area contributed by atoms with Gasteiger partial charge in [-0.2, -0.15) is 0 Å². The predicted molar refractivity (Wildman–Crippen MR) is 67.1 cm³/mol. The quantitative estimate of drug-likeness (QED) is 0.911. The lowest BCUT2D eigenvalue weighted by Gasteiger charge is -2.24. The Labute approximate surface area is 105 Å². The lowest BCUT2D eigenvalue weighted by atomic mass is 9.92. The molecule has 3 atom stereocenters. The van der Waals surface area contributed by atoms with E-state index in [4.69, 9.17) is 4.42 Å². The number of hydrogen-bond acceptors (Lipinski definition) is 2. The van der Waals surface area contributed by atoms with Gasteiger partial charge < -0.3 is 9.73 Å². The summed E-state index contributed by atoms with van der Waals surface area (Å²) < 4.78 is 6.74. The highest BCUT2D eigenvalue weighted by Gasteiger charge is 2.48. The van der Waals surface area contributed by atoms with Crippen molar-refractivity contribution in [2.45, 2.75) is 32.2 Å². The highest BCUT2D eigenvalue weighted by Crippen LogP contribution is 2.57. The lowest BCUT2D eigenvalue weighted by Crippen LogP contribution is -2.27. The molecule has 16 heavy (non-hydrogen) atoms. The summed E-state index contributed by atoms with van der Waals surface area (Å²) in [7, 11) is 0. The van der Waals surface area contributed by atoms with Crippen molar-refractivity contribution in [3.05, 3.63) is 22.6 Å². The van der Waals surface area contributed by atoms with Gasteiger partial charge in [0.1, 0.15) is 5.76 Å². The standard InChI is InChI=1S/C13H18BrNO/c1-2-15-12(13-11(14)3-4-16-13)10-6-8-5-9(8)7-10/h3-4,8-10,12,15H,2,5-7H2,1H3. The molecule has 3 unspecified atom stereocenters. The number of hydrogen-bond donors (Lipinski definition) is 1. The Morgan fingerprint density at radius 3 is 2.75 bits per heavy atom. The highest BCUT2D eigenvalue weighted by molar-refractivity contribution is 9.10. The van der Waals surface area contributed by atoms with E-state index in [9.17, 15) is 0 Å². The normalized spacial score (nSPS) is 33.8. The molecule has 2 fully saturated rings. The SMILES string of the molecule is CCNC(c1occc1Br)C1CC2CC2C1. The van der Waals surface area contributed by atoms with Crippen molar-refractivity contribution in [1.82, 2.24) is 5.32 Å². The summed E-state index contributed by atoms with van der Waals surface area (Å²) in [6.45, 7) is 3.17. The zero-order valence-corrected chi connectivity index (χ0v) is 11.2. The van der Waals surface area contributed by atoms with Gasteiger partial charge in [-0.25, -0.2) is 0 Å². The predicted octanol–water partition coefficient (Wildman–Crippen LogP) is 3.74. The lowest BCUT2D eigenvalue weighted by molar-refractivity contribution is 0.298. The van der Waals surface area contributed by atoms with E-state index in [0.29, 0.717) is 6.04 Å². The Morgan fingerprint density at radius 2 is 2.19 bits per heavy atom. The largest absolute Gasteiger partial charge is 0.466 e. The van der Waals surface area contributed by atoms with Crippen LogP contribution in [0.1, 0.15) is 38.0 Å². The summed E-state index contributed by atoms with van der Waals surface area (Å²) >= 11 is 3.58. The third-order valence-electron chi connectivity index (χ3n) is 4.10. The first-order chi connectivity index (χ1) is 7.79. The molecular formula is C13H18BrNO. The smallest absolute Gasteiger partial charge is 0.135 e. The summed E-state index contributed by atoms with van der Waals surface area (Å²) in [5.41, 5.74) is 0. The fourth-order valence-electron chi connectivity index (χ4n) is 3.25. The van der Waals surface area contributed by atoms with E-state index in [1.807, 2.05) is 6.07 Å². The minimum atomic E-state index is 0.405. The van der Waals surface area contributed by atoms with E-state index in [2.05, 4.69) is 28.2 Å². The molecule has 88 valence electrons. The highest BCUT2D eigenvalue weighted by atomic mass is 79.9. The Morgan fingerprint density at radius 1 is 1.44 bits per heavy atom. The molecule has 1 aromatic rings. The van der Waals surface area contributed by atoms with E-state index >= 15 is 0 Å². The van der Waals surface area contributed by atoms with Crippen LogP contribution in [0.25, 0.3) is 0 Å². The first kappa shape index (κ1) is 10.8. The third-order valence-corrected chi connectivity index (χ3v) is 4.76. The number of nitrogens with one attached hydrogen (secondary N) is 1. The van der Waals surface area contributed by atoms with Crippen molar-refractivity contribution in [1.29, 1.82) is 0 Å². The Kier molecular flexibility index (Phi) is 2.84. The van der Waals surface area contributed by atoms with Crippen molar-refractivity contribution in [3.8, 4) is 0 Å². The molecule has 2 saturated carbocycles. The molecule has 2 aliphatic rings. The van der Waals surface area contributed by atoms with Gasteiger partial charge in [0.25, 0.3) is 0 Å². The summed E-state index contributed by atoms with van der Waals surface area (Å²) in [5.74, 6) is 3.92. The van der Waals surface area contributed by atoms with E-state index in [1.165, 1.54) is 19.3 Å². The molecule has 1 heterocycles. The van der Waals surface area contributed by atoms with Gasteiger partial charge in [0.15, 0.2) is 0 Å². The van der Waals surface area contributed by atoms with Crippen LogP contribution in [0.4, 0.5) is 0 Å². The van der Waals surface area contributed by atoms with Crippen LogP contribution in [-0.2, 0) is 0 Å². The molecule has 0 aromatic carbocycles.